The number of nitrogens with one attached hydrogen (secondary N) is 1. The third-order valence-corrected chi connectivity index (χ3v) is 2.56. The summed E-state index contributed by atoms with van der Waals surface area (Å²) in [6, 6.07) is 1.59. The molecule has 3 N–H and O–H groups in total. The number of amides is 1. The number of carbonyl (C=O) groups is 1. The quantitative estimate of drug-likeness (QED) is 0.763. The van der Waals surface area contributed by atoms with Gasteiger partial charge in [-0.1, -0.05) is 0 Å². The lowest BCUT2D eigenvalue weighted by Crippen LogP contribution is -2.37. The molecule has 0 bridgehead atoms. The van der Waals surface area contributed by atoms with E-state index in [1.807, 2.05) is 0 Å². The van der Waals surface area contributed by atoms with Crippen LogP contribution in [0.5, 0.6) is 0 Å². The highest BCUT2D eigenvalue weighted by molar-refractivity contribution is 5.80. The van der Waals surface area contributed by atoms with Gasteiger partial charge in [0, 0.05) is 20.7 Å². The van der Waals surface area contributed by atoms with E-state index in [-0.39, 0.29) is 24.1 Å². The number of nitrogen functional groups attached to an aromatic ring is 1. The summed E-state index contributed by atoms with van der Waals surface area (Å²) in [5.41, 5.74) is 4.46. The lowest BCUT2D eigenvalue weighted by atomic mass is 10.2. The maximum absolute atomic E-state index is 12.7. The van der Waals surface area contributed by atoms with Gasteiger partial charge in [0.15, 0.2) is 0 Å². The average molecular weight is 306 g/mol. The van der Waals surface area contributed by atoms with Crippen LogP contribution in [-0.4, -0.2) is 44.7 Å². The number of anilines is 2. The van der Waals surface area contributed by atoms with Crippen LogP contribution in [0, 0.1) is 0 Å². The third-order valence-electron chi connectivity index (χ3n) is 2.56. The van der Waals surface area contributed by atoms with Crippen molar-refractivity contribution < 1.29 is 22.7 Å². The lowest BCUT2D eigenvalue weighted by Gasteiger charge is -2.19. The first kappa shape index (κ1) is 17.0. The van der Waals surface area contributed by atoms with Gasteiger partial charge in [0.1, 0.15) is 11.6 Å². The summed E-state index contributed by atoms with van der Waals surface area (Å²) in [6.45, 7) is 0.531. The summed E-state index contributed by atoms with van der Waals surface area (Å²) in [5, 5.41) is 2.56. The number of ether oxygens (including phenoxy) is 1. The van der Waals surface area contributed by atoms with E-state index in [0.717, 1.165) is 12.1 Å². The second kappa shape index (κ2) is 7.11. The van der Waals surface area contributed by atoms with Crippen molar-refractivity contribution in [3.05, 3.63) is 17.7 Å². The zero-order valence-electron chi connectivity index (χ0n) is 11.7. The van der Waals surface area contributed by atoms with Gasteiger partial charge in [0.05, 0.1) is 18.7 Å². The largest absolute Gasteiger partial charge is 0.416 e. The monoisotopic (exact) mass is 306 g/mol. The SMILES string of the molecule is COCCNC(=O)CN(C)c1cc(C(F)(F)F)cc(N)n1. The van der Waals surface area contributed by atoms with Crippen LogP contribution in [0.3, 0.4) is 0 Å². The molecule has 0 aliphatic heterocycles. The Morgan fingerprint density at radius 3 is 2.71 bits per heavy atom. The van der Waals surface area contributed by atoms with E-state index in [1.54, 1.807) is 0 Å². The van der Waals surface area contributed by atoms with Gasteiger partial charge >= 0.3 is 6.18 Å². The van der Waals surface area contributed by atoms with Gasteiger partial charge in [0.2, 0.25) is 5.91 Å². The van der Waals surface area contributed by atoms with E-state index in [2.05, 4.69) is 10.3 Å². The highest BCUT2D eigenvalue weighted by Gasteiger charge is 2.31. The van der Waals surface area contributed by atoms with Crippen molar-refractivity contribution >= 4 is 17.5 Å². The van der Waals surface area contributed by atoms with Crippen molar-refractivity contribution in [1.29, 1.82) is 0 Å². The molecule has 0 saturated carbocycles. The summed E-state index contributed by atoms with van der Waals surface area (Å²) in [4.78, 5) is 16.7. The Hall–Kier alpha value is -2.03. The number of hydrogen-bond acceptors (Lipinski definition) is 5. The van der Waals surface area contributed by atoms with Gasteiger partial charge in [-0.3, -0.25) is 4.79 Å². The van der Waals surface area contributed by atoms with E-state index in [4.69, 9.17) is 10.5 Å². The van der Waals surface area contributed by atoms with Crippen molar-refractivity contribution in [3.8, 4) is 0 Å². The maximum atomic E-state index is 12.7. The van der Waals surface area contributed by atoms with Gasteiger partial charge in [-0.2, -0.15) is 13.2 Å². The minimum atomic E-state index is -4.52. The fraction of sp³-hybridized carbons (Fsp3) is 0.500. The van der Waals surface area contributed by atoms with Crippen molar-refractivity contribution in [3.63, 3.8) is 0 Å². The fourth-order valence-electron chi connectivity index (χ4n) is 1.54. The van der Waals surface area contributed by atoms with Crippen LogP contribution in [-0.2, 0) is 15.7 Å². The first-order valence-corrected chi connectivity index (χ1v) is 6.05. The number of carbonyl (C=O) groups excluding carboxylic acids is 1. The summed E-state index contributed by atoms with van der Waals surface area (Å²) in [6.07, 6.45) is -4.52. The molecule has 0 atom stereocenters. The fourth-order valence-corrected chi connectivity index (χ4v) is 1.54. The van der Waals surface area contributed by atoms with Crippen LogP contribution >= 0.6 is 0 Å². The Morgan fingerprint density at radius 1 is 1.48 bits per heavy atom. The number of aromatic nitrogens is 1. The molecule has 0 radical (unpaired) electrons. The predicted molar refractivity (Wildman–Crippen MR) is 71.8 cm³/mol. The number of methoxy groups -OCH3 is 1. The number of nitrogens with zero attached hydrogens (tertiary/aromatic N) is 2. The van der Waals surface area contributed by atoms with Crippen molar-refractivity contribution in [2.75, 3.05) is 44.5 Å². The Kier molecular flexibility index (Phi) is 5.77. The van der Waals surface area contributed by atoms with Crippen LogP contribution in [0.1, 0.15) is 5.56 Å². The number of rotatable bonds is 6. The number of pyridine rings is 1. The number of likely N-dealkylation sites (N-methyl/N-ethyl adjacent to an activating group) is 1. The molecule has 0 aliphatic rings. The van der Waals surface area contributed by atoms with E-state index >= 15 is 0 Å². The molecule has 6 nitrogen and oxygen atoms in total. The number of nitrogens with two attached hydrogens (primary N) is 1. The average Bonchev–Trinajstić information content (AvgIpc) is 2.37. The first-order chi connectivity index (χ1) is 9.74. The van der Waals surface area contributed by atoms with E-state index in [0.29, 0.717) is 13.2 Å². The molecule has 118 valence electrons. The zero-order valence-corrected chi connectivity index (χ0v) is 11.7. The Bertz CT molecular complexity index is 494. The second-order valence-corrected chi connectivity index (χ2v) is 4.34. The van der Waals surface area contributed by atoms with Gasteiger partial charge in [-0.05, 0) is 12.1 Å². The third kappa shape index (κ3) is 5.46. The first-order valence-electron chi connectivity index (χ1n) is 6.05. The van der Waals surface area contributed by atoms with Gasteiger partial charge in [-0.15, -0.1) is 0 Å². The van der Waals surface area contributed by atoms with Crippen LogP contribution in [0.25, 0.3) is 0 Å². The number of halogens is 3. The van der Waals surface area contributed by atoms with Gasteiger partial charge in [0.25, 0.3) is 0 Å². The molecule has 0 aliphatic carbocycles. The molecule has 0 aromatic carbocycles. The second-order valence-electron chi connectivity index (χ2n) is 4.34. The summed E-state index contributed by atoms with van der Waals surface area (Å²) < 4.78 is 42.8. The molecular formula is C12H17F3N4O2. The van der Waals surface area contributed by atoms with Crippen LogP contribution in [0.2, 0.25) is 0 Å². The standard InChI is InChI=1S/C12H17F3N4O2/c1-19(7-11(20)17-3-4-21-2)10-6-8(12(13,14)15)5-9(16)18-10/h5-6H,3-4,7H2,1-2H3,(H2,16,18)(H,17,20). The molecule has 9 heteroatoms. The van der Waals surface area contributed by atoms with Crippen LogP contribution in [0.4, 0.5) is 24.8 Å². The van der Waals surface area contributed by atoms with Gasteiger partial charge < -0.3 is 20.7 Å². The topological polar surface area (TPSA) is 80.5 Å². The van der Waals surface area contributed by atoms with E-state index < -0.39 is 11.7 Å². The molecule has 0 spiro atoms. The van der Waals surface area contributed by atoms with Gasteiger partial charge in [-0.25, -0.2) is 4.98 Å². The molecule has 1 amide bonds. The summed E-state index contributed by atoms with van der Waals surface area (Å²) in [5.74, 6) is -0.636. The number of alkyl halides is 3. The minimum absolute atomic E-state index is 0.0239. The summed E-state index contributed by atoms with van der Waals surface area (Å²) >= 11 is 0. The molecule has 1 rings (SSSR count). The zero-order chi connectivity index (χ0) is 16.0. The predicted octanol–water partition coefficient (Wildman–Crippen LogP) is 0.881. The number of hydrogen-bond donors (Lipinski definition) is 2. The Balaban J connectivity index is 2.76. The molecule has 1 aromatic rings. The molecule has 0 fully saturated rings. The van der Waals surface area contributed by atoms with Crippen molar-refractivity contribution in [1.82, 2.24) is 10.3 Å². The normalized spacial score (nSPS) is 11.3. The molecule has 0 unspecified atom stereocenters. The van der Waals surface area contributed by atoms with Crippen LogP contribution < -0.4 is 16.0 Å². The smallest absolute Gasteiger partial charge is 0.384 e. The highest BCUT2D eigenvalue weighted by atomic mass is 19.4. The minimum Gasteiger partial charge on any atom is -0.384 e. The molecule has 1 aromatic heterocycles. The molecule has 1 heterocycles. The Morgan fingerprint density at radius 2 is 2.14 bits per heavy atom. The Labute approximate surface area is 120 Å². The van der Waals surface area contributed by atoms with Crippen molar-refractivity contribution in [2.45, 2.75) is 6.18 Å². The highest BCUT2D eigenvalue weighted by Crippen LogP contribution is 2.32. The van der Waals surface area contributed by atoms with E-state index in [1.165, 1.54) is 19.1 Å². The lowest BCUT2D eigenvalue weighted by molar-refractivity contribution is -0.137. The van der Waals surface area contributed by atoms with E-state index in [9.17, 15) is 18.0 Å². The molecular weight excluding hydrogens is 289 g/mol. The van der Waals surface area contributed by atoms with Crippen LogP contribution in [0.15, 0.2) is 12.1 Å². The molecule has 0 saturated heterocycles. The molecule has 21 heavy (non-hydrogen) atoms. The van der Waals surface area contributed by atoms with Crippen molar-refractivity contribution in [2.24, 2.45) is 0 Å². The summed E-state index contributed by atoms with van der Waals surface area (Å²) in [7, 11) is 2.95. The maximum Gasteiger partial charge on any atom is 0.416 e.